The van der Waals surface area contributed by atoms with E-state index in [1.165, 1.54) is 21.4 Å². The van der Waals surface area contributed by atoms with Crippen molar-refractivity contribution < 1.29 is 15.3 Å². The first kappa shape index (κ1) is 21.6. The van der Waals surface area contributed by atoms with Gasteiger partial charge in [-0.15, -0.1) is 0 Å². The van der Waals surface area contributed by atoms with Crippen molar-refractivity contribution >= 4 is 17.1 Å². The number of aliphatic hydroxyl groups is 3. The van der Waals surface area contributed by atoms with Crippen molar-refractivity contribution in [2.24, 2.45) is 17.5 Å². The number of hydrogen-bond acceptors (Lipinski definition) is 10. The molecule has 1 aliphatic carbocycles. The average Bonchev–Trinajstić information content (AvgIpc) is 2.68. The minimum Gasteiger partial charge on any atom is -0.394 e. The largest absolute Gasteiger partial charge is 0.394 e. The van der Waals surface area contributed by atoms with Gasteiger partial charge in [-0.2, -0.15) is 0 Å². The lowest BCUT2D eigenvalue weighted by Gasteiger charge is -2.34. The average molecular weight is 383 g/mol. The highest BCUT2D eigenvalue weighted by Gasteiger charge is 2.28. The molecule has 0 aromatic carbocycles. The molecule has 10 nitrogen and oxygen atoms in total. The standard InChI is InChI=1S/C17H33N7O3/c18-22(6-9-25)14-12-21-15(13-4-2-1-3-5-13)17(24(20)8-11-27)16(14)23(19)7-10-26/h12-13,25-27H,1-11,18-20H2. The highest BCUT2D eigenvalue weighted by molar-refractivity contribution is 5.85. The summed E-state index contributed by atoms with van der Waals surface area (Å²) >= 11 is 0. The highest BCUT2D eigenvalue weighted by Crippen LogP contribution is 2.43. The summed E-state index contributed by atoms with van der Waals surface area (Å²) in [6.45, 7) is 0.157. The Hall–Kier alpha value is -1.69. The molecule has 0 unspecified atom stereocenters. The second-order valence-electron chi connectivity index (χ2n) is 6.81. The number of anilines is 3. The summed E-state index contributed by atoms with van der Waals surface area (Å²) in [5.41, 5.74) is 2.47. The molecule has 10 heteroatoms. The van der Waals surface area contributed by atoms with Crippen LogP contribution in [0.2, 0.25) is 0 Å². The van der Waals surface area contributed by atoms with Crippen LogP contribution in [-0.4, -0.2) is 59.8 Å². The molecule has 0 amide bonds. The third-order valence-electron chi connectivity index (χ3n) is 4.93. The zero-order valence-corrected chi connectivity index (χ0v) is 15.8. The number of hydrogen-bond donors (Lipinski definition) is 6. The zero-order valence-electron chi connectivity index (χ0n) is 15.8. The third-order valence-corrected chi connectivity index (χ3v) is 4.93. The second kappa shape index (κ2) is 10.6. The van der Waals surface area contributed by atoms with E-state index in [1.54, 1.807) is 6.20 Å². The second-order valence-corrected chi connectivity index (χ2v) is 6.81. The van der Waals surface area contributed by atoms with Crippen LogP contribution in [0.3, 0.4) is 0 Å². The van der Waals surface area contributed by atoms with E-state index < -0.39 is 0 Å². The van der Waals surface area contributed by atoms with E-state index in [0.717, 1.165) is 31.4 Å². The number of hydrazine groups is 3. The van der Waals surface area contributed by atoms with Crippen molar-refractivity contribution in [3.8, 4) is 0 Å². The van der Waals surface area contributed by atoms with Crippen LogP contribution in [0.25, 0.3) is 0 Å². The van der Waals surface area contributed by atoms with Crippen LogP contribution in [0.4, 0.5) is 17.1 Å². The number of pyridine rings is 1. The predicted molar refractivity (Wildman–Crippen MR) is 106 cm³/mol. The van der Waals surface area contributed by atoms with Gasteiger partial charge >= 0.3 is 0 Å². The van der Waals surface area contributed by atoms with E-state index in [1.807, 2.05) is 0 Å². The molecule has 0 saturated heterocycles. The van der Waals surface area contributed by atoms with Gasteiger partial charge < -0.3 is 30.3 Å². The normalized spacial score (nSPS) is 15.0. The fourth-order valence-electron chi connectivity index (χ4n) is 3.61. The molecule has 0 bridgehead atoms. The number of aliphatic hydroxyl groups excluding tert-OH is 3. The predicted octanol–water partition coefficient (Wildman–Crippen LogP) is -0.853. The third kappa shape index (κ3) is 5.18. The van der Waals surface area contributed by atoms with Crippen LogP contribution >= 0.6 is 0 Å². The number of rotatable bonds is 10. The van der Waals surface area contributed by atoms with Crippen molar-refractivity contribution in [3.05, 3.63) is 11.9 Å². The van der Waals surface area contributed by atoms with Gasteiger partial charge in [0.25, 0.3) is 0 Å². The molecule has 2 rings (SSSR count). The van der Waals surface area contributed by atoms with Gasteiger partial charge in [0.1, 0.15) is 11.4 Å². The molecule has 0 spiro atoms. The first-order valence-electron chi connectivity index (χ1n) is 9.47. The Morgan fingerprint density at radius 2 is 1.33 bits per heavy atom. The van der Waals surface area contributed by atoms with Crippen LogP contribution in [0.5, 0.6) is 0 Å². The molecule has 154 valence electrons. The van der Waals surface area contributed by atoms with E-state index >= 15 is 0 Å². The fraction of sp³-hybridized carbons (Fsp3) is 0.706. The van der Waals surface area contributed by atoms with E-state index in [4.69, 9.17) is 17.5 Å². The molecule has 27 heavy (non-hydrogen) atoms. The van der Waals surface area contributed by atoms with Crippen molar-refractivity contribution in [1.29, 1.82) is 0 Å². The lowest BCUT2D eigenvalue weighted by atomic mass is 9.85. The molecule has 1 aliphatic rings. The minimum absolute atomic E-state index is 0.127. The maximum atomic E-state index is 9.40. The van der Waals surface area contributed by atoms with Crippen LogP contribution in [0.15, 0.2) is 6.20 Å². The molecule has 1 fully saturated rings. The number of nitrogens with zero attached hydrogens (tertiary/aromatic N) is 4. The fourth-order valence-corrected chi connectivity index (χ4v) is 3.61. The first-order valence-corrected chi connectivity index (χ1v) is 9.47. The molecule has 1 saturated carbocycles. The Kier molecular flexibility index (Phi) is 8.48. The summed E-state index contributed by atoms with van der Waals surface area (Å²) in [6, 6.07) is 0. The summed E-state index contributed by atoms with van der Waals surface area (Å²) in [4.78, 5) is 4.66. The van der Waals surface area contributed by atoms with Crippen LogP contribution in [0, 0.1) is 0 Å². The molecule has 0 atom stereocenters. The molecule has 9 N–H and O–H groups in total. The lowest BCUT2D eigenvalue weighted by molar-refractivity contribution is 0.299. The first-order chi connectivity index (χ1) is 13.0. The van der Waals surface area contributed by atoms with Crippen LogP contribution in [0.1, 0.15) is 43.7 Å². The monoisotopic (exact) mass is 383 g/mol. The highest BCUT2D eigenvalue weighted by atomic mass is 16.3. The van der Waals surface area contributed by atoms with Gasteiger partial charge in [0.05, 0.1) is 57.0 Å². The summed E-state index contributed by atoms with van der Waals surface area (Å²) in [6.07, 6.45) is 7.13. The number of nitrogens with two attached hydrogens (primary N) is 3. The van der Waals surface area contributed by atoms with E-state index in [0.29, 0.717) is 17.1 Å². The molecule has 0 aliphatic heterocycles. The van der Waals surface area contributed by atoms with Gasteiger partial charge in [0.15, 0.2) is 0 Å². The van der Waals surface area contributed by atoms with Crippen molar-refractivity contribution in [2.45, 2.75) is 38.0 Å². The lowest BCUT2D eigenvalue weighted by Crippen LogP contribution is -2.43. The van der Waals surface area contributed by atoms with Crippen molar-refractivity contribution in [1.82, 2.24) is 4.98 Å². The molecule has 1 aromatic rings. The number of aromatic nitrogens is 1. The van der Waals surface area contributed by atoms with Gasteiger partial charge in [0.2, 0.25) is 0 Å². The van der Waals surface area contributed by atoms with Crippen molar-refractivity contribution in [3.63, 3.8) is 0 Å². The van der Waals surface area contributed by atoms with E-state index in [-0.39, 0.29) is 45.4 Å². The molecule has 1 aromatic heterocycles. The summed E-state index contributed by atoms with van der Waals surface area (Å²) in [5.74, 6) is 18.8. The van der Waals surface area contributed by atoms with Gasteiger partial charge in [0, 0.05) is 5.92 Å². The maximum Gasteiger partial charge on any atom is 0.105 e. The van der Waals surface area contributed by atoms with Gasteiger partial charge in [-0.3, -0.25) is 4.98 Å². The SMILES string of the molecule is NN(CCO)c1cnc(C2CCCCC2)c(N(N)CCO)c1N(N)CCO. The Labute approximate surface area is 160 Å². The van der Waals surface area contributed by atoms with Crippen LogP contribution in [-0.2, 0) is 0 Å². The topological polar surface area (TPSA) is 161 Å². The quantitative estimate of drug-likeness (QED) is 0.222. The Morgan fingerprint density at radius 1 is 0.815 bits per heavy atom. The Balaban J connectivity index is 2.61. The Bertz CT molecular complexity index is 584. The van der Waals surface area contributed by atoms with Crippen LogP contribution < -0.4 is 32.6 Å². The molecular formula is C17H33N7O3. The van der Waals surface area contributed by atoms with Gasteiger partial charge in [-0.1, -0.05) is 19.3 Å². The summed E-state index contributed by atoms with van der Waals surface area (Å²) in [7, 11) is 0. The zero-order chi connectivity index (χ0) is 19.8. The van der Waals surface area contributed by atoms with E-state index in [9.17, 15) is 15.3 Å². The summed E-state index contributed by atoms with van der Waals surface area (Å²) < 4.78 is 0. The van der Waals surface area contributed by atoms with Gasteiger partial charge in [-0.25, -0.2) is 17.5 Å². The smallest absolute Gasteiger partial charge is 0.105 e. The molecular weight excluding hydrogens is 350 g/mol. The summed E-state index contributed by atoms with van der Waals surface area (Å²) in [5, 5.41) is 32.2. The maximum absolute atomic E-state index is 9.40. The van der Waals surface area contributed by atoms with E-state index in [2.05, 4.69) is 4.98 Å². The van der Waals surface area contributed by atoms with Gasteiger partial charge in [-0.05, 0) is 12.8 Å². The van der Waals surface area contributed by atoms with Crippen molar-refractivity contribution in [2.75, 3.05) is 54.5 Å². The Morgan fingerprint density at radius 3 is 1.89 bits per heavy atom. The minimum atomic E-state index is -0.147. The molecule has 0 radical (unpaired) electrons. The molecule has 1 heterocycles.